The highest BCUT2D eigenvalue weighted by atomic mass is 16.5. The van der Waals surface area contributed by atoms with Gasteiger partial charge in [-0.15, -0.1) is 0 Å². The largest absolute Gasteiger partial charge is 0.494 e. The second kappa shape index (κ2) is 8.92. The zero-order valence-corrected chi connectivity index (χ0v) is 14.7. The molecule has 1 heterocycles. The molecule has 1 aromatic rings. The van der Waals surface area contributed by atoms with E-state index in [0.717, 1.165) is 44.6 Å². The zero-order chi connectivity index (χ0) is 16.7. The molecule has 4 heteroatoms. The van der Waals surface area contributed by atoms with Crippen LogP contribution in [0.4, 0.5) is 0 Å². The van der Waals surface area contributed by atoms with Gasteiger partial charge in [0.25, 0.3) is 0 Å². The fourth-order valence-corrected chi connectivity index (χ4v) is 2.99. The van der Waals surface area contributed by atoms with Crippen LogP contribution in [-0.2, 0) is 11.3 Å². The molecule has 1 amide bonds. The number of nitrogens with zero attached hydrogens (tertiary/aromatic N) is 1. The van der Waals surface area contributed by atoms with E-state index in [1.165, 1.54) is 5.56 Å². The Morgan fingerprint density at radius 2 is 2.00 bits per heavy atom. The number of carbonyl (C=O) groups excluding carboxylic acids is 1. The molecule has 128 valence electrons. The third kappa shape index (κ3) is 5.24. The highest BCUT2D eigenvalue weighted by Crippen LogP contribution is 2.24. The predicted molar refractivity (Wildman–Crippen MR) is 93.5 cm³/mol. The Kier molecular flexibility index (Phi) is 6.90. The number of likely N-dealkylation sites (tertiary alicyclic amines) is 1. The van der Waals surface area contributed by atoms with Gasteiger partial charge in [-0.05, 0) is 52.3 Å². The number of para-hydroxylation sites is 1. The van der Waals surface area contributed by atoms with Crippen molar-refractivity contribution in [3.63, 3.8) is 0 Å². The van der Waals surface area contributed by atoms with Gasteiger partial charge in [0.2, 0.25) is 5.91 Å². The highest BCUT2D eigenvalue weighted by Gasteiger charge is 2.25. The first-order chi connectivity index (χ1) is 11.1. The Bertz CT molecular complexity index is 496. The fourth-order valence-electron chi connectivity index (χ4n) is 2.99. The van der Waals surface area contributed by atoms with Crippen LogP contribution >= 0.6 is 0 Å². The molecule has 0 radical (unpaired) electrons. The maximum absolute atomic E-state index is 12.2. The van der Waals surface area contributed by atoms with Crippen molar-refractivity contribution in [2.24, 2.45) is 5.92 Å². The van der Waals surface area contributed by atoms with Gasteiger partial charge in [0.1, 0.15) is 5.75 Å². The van der Waals surface area contributed by atoms with Crippen LogP contribution in [-0.4, -0.2) is 36.5 Å². The van der Waals surface area contributed by atoms with Crippen LogP contribution in [0.1, 0.15) is 45.6 Å². The lowest BCUT2D eigenvalue weighted by molar-refractivity contribution is -0.127. The van der Waals surface area contributed by atoms with Crippen LogP contribution in [0.15, 0.2) is 24.3 Å². The topological polar surface area (TPSA) is 41.6 Å². The molecule has 1 saturated heterocycles. The molecule has 23 heavy (non-hydrogen) atoms. The van der Waals surface area contributed by atoms with Crippen molar-refractivity contribution in [2.75, 3.05) is 19.7 Å². The van der Waals surface area contributed by atoms with Crippen molar-refractivity contribution in [1.82, 2.24) is 10.2 Å². The Hall–Kier alpha value is -1.55. The third-order valence-electron chi connectivity index (χ3n) is 4.63. The Balaban J connectivity index is 1.84. The summed E-state index contributed by atoms with van der Waals surface area (Å²) in [7, 11) is 0. The second-order valence-electron chi connectivity index (χ2n) is 6.41. The van der Waals surface area contributed by atoms with Gasteiger partial charge in [0, 0.05) is 24.1 Å². The molecule has 0 spiro atoms. The summed E-state index contributed by atoms with van der Waals surface area (Å²) < 4.78 is 5.70. The van der Waals surface area contributed by atoms with Crippen molar-refractivity contribution >= 4 is 5.91 Å². The molecule has 0 aliphatic carbocycles. The lowest BCUT2D eigenvalue weighted by Gasteiger charge is -2.32. The average molecular weight is 318 g/mol. The molecule has 4 nitrogen and oxygen atoms in total. The number of hydrogen-bond acceptors (Lipinski definition) is 3. The maximum Gasteiger partial charge on any atom is 0.223 e. The van der Waals surface area contributed by atoms with Gasteiger partial charge in [-0.2, -0.15) is 0 Å². The summed E-state index contributed by atoms with van der Waals surface area (Å²) in [5.74, 6) is 1.38. The molecule has 1 aliphatic rings. The smallest absolute Gasteiger partial charge is 0.223 e. The molecular weight excluding hydrogens is 288 g/mol. The van der Waals surface area contributed by atoms with Crippen LogP contribution in [0.2, 0.25) is 0 Å². The molecule has 2 rings (SSSR count). The van der Waals surface area contributed by atoms with Crippen LogP contribution in [0.25, 0.3) is 0 Å². The number of ether oxygens (including phenoxy) is 1. The number of carbonyl (C=O) groups is 1. The van der Waals surface area contributed by atoms with Crippen LogP contribution < -0.4 is 10.1 Å². The summed E-state index contributed by atoms with van der Waals surface area (Å²) in [6, 6.07) is 8.51. The minimum atomic E-state index is 0.169. The van der Waals surface area contributed by atoms with E-state index in [2.05, 4.69) is 36.2 Å². The quantitative estimate of drug-likeness (QED) is 0.839. The molecule has 1 unspecified atom stereocenters. The molecule has 1 atom stereocenters. The first-order valence-electron chi connectivity index (χ1n) is 8.87. The highest BCUT2D eigenvalue weighted by molar-refractivity contribution is 5.79. The van der Waals surface area contributed by atoms with Gasteiger partial charge < -0.3 is 10.1 Å². The summed E-state index contributed by atoms with van der Waals surface area (Å²) in [6.07, 6.45) is 2.87. The molecule has 1 fully saturated rings. The Morgan fingerprint density at radius 1 is 1.30 bits per heavy atom. The summed E-state index contributed by atoms with van der Waals surface area (Å²) in [5, 5.41) is 3.11. The lowest BCUT2D eigenvalue weighted by atomic mass is 9.95. The molecule has 0 aromatic heterocycles. The summed E-state index contributed by atoms with van der Waals surface area (Å²) in [4.78, 5) is 14.6. The van der Waals surface area contributed by atoms with Gasteiger partial charge in [0.05, 0.1) is 6.61 Å². The third-order valence-corrected chi connectivity index (χ3v) is 4.63. The summed E-state index contributed by atoms with van der Waals surface area (Å²) in [6.45, 7) is 9.71. The number of nitrogens with one attached hydrogen (secondary N) is 1. The van der Waals surface area contributed by atoms with Gasteiger partial charge in [-0.3, -0.25) is 9.69 Å². The van der Waals surface area contributed by atoms with Crippen molar-refractivity contribution in [3.8, 4) is 5.75 Å². The first kappa shape index (κ1) is 17.8. The number of hydrogen-bond donors (Lipinski definition) is 1. The number of rotatable bonds is 7. The van der Waals surface area contributed by atoms with Gasteiger partial charge in [-0.25, -0.2) is 0 Å². The predicted octanol–water partition coefficient (Wildman–Crippen LogP) is 3.21. The minimum absolute atomic E-state index is 0.169. The summed E-state index contributed by atoms with van der Waals surface area (Å²) in [5.41, 5.74) is 1.23. The molecule has 0 saturated carbocycles. The van der Waals surface area contributed by atoms with E-state index in [1.54, 1.807) is 0 Å². The van der Waals surface area contributed by atoms with E-state index in [-0.39, 0.29) is 17.9 Å². The minimum Gasteiger partial charge on any atom is -0.494 e. The summed E-state index contributed by atoms with van der Waals surface area (Å²) >= 11 is 0. The van der Waals surface area contributed by atoms with Gasteiger partial charge >= 0.3 is 0 Å². The normalized spacial score (nSPS) is 17.7. The molecule has 1 aliphatic heterocycles. The molecule has 0 bridgehead atoms. The fraction of sp³-hybridized carbons (Fsp3) is 0.632. The standard InChI is InChI=1S/C19H30N2O2/c1-4-15(3)20-19(22)16-10-12-21(13-11-16)14-17-8-6-7-9-18(17)23-5-2/h6-9,15-16H,4-5,10-14H2,1-3H3,(H,20,22). The maximum atomic E-state index is 12.2. The van der Waals surface area contributed by atoms with E-state index < -0.39 is 0 Å². The number of piperidine rings is 1. The van der Waals surface area contributed by atoms with E-state index in [0.29, 0.717) is 6.61 Å². The van der Waals surface area contributed by atoms with Crippen molar-refractivity contribution < 1.29 is 9.53 Å². The SMILES string of the molecule is CCOc1ccccc1CN1CCC(C(=O)NC(C)CC)CC1. The van der Waals surface area contributed by atoms with E-state index in [4.69, 9.17) is 4.74 Å². The molecule has 1 aromatic carbocycles. The monoisotopic (exact) mass is 318 g/mol. The van der Waals surface area contributed by atoms with Crippen molar-refractivity contribution in [1.29, 1.82) is 0 Å². The van der Waals surface area contributed by atoms with E-state index >= 15 is 0 Å². The average Bonchev–Trinajstić information content (AvgIpc) is 2.57. The number of benzene rings is 1. The van der Waals surface area contributed by atoms with Gasteiger partial charge in [0.15, 0.2) is 0 Å². The first-order valence-corrected chi connectivity index (χ1v) is 8.87. The number of amides is 1. The van der Waals surface area contributed by atoms with Gasteiger partial charge in [-0.1, -0.05) is 25.1 Å². The van der Waals surface area contributed by atoms with Crippen LogP contribution in [0.3, 0.4) is 0 Å². The zero-order valence-electron chi connectivity index (χ0n) is 14.7. The van der Waals surface area contributed by atoms with Crippen LogP contribution in [0.5, 0.6) is 5.75 Å². The Labute approximate surface area is 140 Å². The van der Waals surface area contributed by atoms with Crippen molar-refractivity contribution in [2.45, 2.75) is 52.6 Å². The lowest BCUT2D eigenvalue weighted by Crippen LogP contribution is -2.42. The van der Waals surface area contributed by atoms with E-state index in [9.17, 15) is 4.79 Å². The Morgan fingerprint density at radius 3 is 2.65 bits per heavy atom. The van der Waals surface area contributed by atoms with E-state index in [1.807, 2.05) is 19.1 Å². The molecule has 1 N–H and O–H groups in total. The second-order valence-corrected chi connectivity index (χ2v) is 6.41. The van der Waals surface area contributed by atoms with Crippen molar-refractivity contribution in [3.05, 3.63) is 29.8 Å². The van der Waals surface area contributed by atoms with Crippen LogP contribution in [0, 0.1) is 5.92 Å². The molecular formula is C19H30N2O2.